The van der Waals surface area contributed by atoms with Crippen LogP contribution in [0.25, 0.3) is 0 Å². The Balaban J connectivity index is 2.11. The molecule has 1 heterocycles. The number of carbonyl (C=O) groups is 1. The van der Waals surface area contributed by atoms with Gasteiger partial charge in [0.25, 0.3) is 0 Å². The van der Waals surface area contributed by atoms with E-state index in [1.807, 2.05) is 54.3 Å². The number of nitrogens with zero attached hydrogens (tertiary/aromatic N) is 2. The van der Waals surface area contributed by atoms with Gasteiger partial charge in [0, 0.05) is 36.4 Å². The maximum Gasteiger partial charge on any atom is 0.410 e. The third-order valence-electron chi connectivity index (χ3n) is 5.93. The van der Waals surface area contributed by atoms with Crippen LogP contribution in [0.15, 0.2) is 42.5 Å². The maximum absolute atomic E-state index is 13.1. The van der Waals surface area contributed by atoms with Crippen LogP contribution in [0.1, 0.15) is 51.3 Å². The summed E-state index contributed by atoms with van der Waals surface area (Å²) >= 11 is 0. The van der Waals surface area contributed by atoms with Crippen molar-refractivity contribution in [3.63, 3.8) is 0 Å². The Morgan fingerprint density at radius 1 is 1.12 bits per heavy atom. The predicted octanol–water partition coefficient (Wildman–Crippen LogP) is 5.66. The van der Waals surface area contributed by atoms with Gasteiger partial charge < -0.3 is 19.1 Å². The van der Waals surface area contributed by atoms with Crippen molar-refractivity contribution in [2.75, 3.05) is 32.3 Å². The topological polar surface area (TPSA) is 51.2 Å². The molecule has 0 unspecified atom stereocenters. The first-order valence-electron chi connectivity index (χ1n) is 11.4. The molecular weight excluding hydrogens is 404 g/mol. The van der Waals surface area contributed by atoms with Gasteiger partial charge in [0.2, 0.25) is 0 Å². The van der Waals surface area contributed by atoms with Crippen molar-refractivity contribution in [1.29, 1.82) is 0 Å². The van der Waals surface area contributed by atoms with Crippen molar-refractivity contribution in [3.05, 3.63) is 53.6 Å². The fourth-order valence-electron chi connectivity index (χ4n) is 4.47. The number of amides is 1. The van der Waals surface area contributed by atoms with Gasteiger partial charge in [-0.3, -0.25) is 4.90 Å². The zero-order valence-electron chi connectivity index (χ0n) is 20.1. The minimum Gasteiger partial charge on any atom is -0.493 e. The minimum atomic E-state index is -0.299. The van der Waals surface area contributed by atoms with Crippen LogP contribution in [-0.2, 0) is 11.3 Å². The summed E-state index contributed by atoms with van der Waals surface area (Å²) in [5.41, 5.74) is 3.22. The summed E-state index contributed by atoms with van der Waals surface area (Å²) in [6.07, 6.45) is 0.507. The van der Waals surface area contributed by atoms with E-state index in [4.69, 9.17) is 14.2 Å². The highest BCUT2D eigenvalue weighted by Gasteiger charge is 2.37. The van der Waals surface area contributed by atoms with Crippen LogP contribution in [0.5, 0.6) is 11.5 Å². The monoisotopic (exact) mass is 440 g/mol. The lowest BCUT2D eigenvalue weighted by molar-refractivity contribution is 0.0812. The van der Waals surface area contributed by atoms with Crippen LogP contribution in [0.4, 0.5) is 10.5 Å². The molecule has 0 aliphatic carbocycles. The third kappa shape index (κ3) is 5.12. The van der Waals surface area contributed by atoms with Crippen LogP contribution in [-0.4, -0.2) is 44.4 Å². The van der Waals surface area contributed by atoms with Gasteiger partial charge in [0.15, 0.2) is 11.5 Å². The Morgan fingerprint density at radius 3 is 2.38 bits per heavy atom. The Morgan fingerprint density at radius 2 is 1.78 bits per heavy atom. The van der Waals surface area contributed by atoms with Gasteiger partial charge in [-0.25, -0.2) is 4.79 Å². The molecule has 1 aliphatic rings. The van der Waals surface area contributed by atoms with Crippen molar-refractivity contribution in [2.24, 2.45) is 5.92 Å². The number of anilines is 1. The van der Waals surface area contributed by atoms with E-state index in [-0.39, 0.29) is 18.2 Å². The van der Waals surface area contributed by atoms with E-state index in [0.717, 1.165) is 29.8 Å². The van der Waals surface area contributed by atoms with E-state index < -0.39 is 0 Å². The van der Waals surface area contributed by atoms with E-state index in [1.54, 1.807) is 14.2 Å². The van der Waals surface area contributed by atoms with Gasteiger partial charge in [0.05, 0.1) is 26.9 Å². The molecule has 32 heavy (non-hydrogen) atoms. The van der Waals surface area contributed by atoms with E-state index in [0.29, 0.717) is 30.6 Å². The summed E-state index contributed by atoms with van der Waals surface area (Å²) in [4.78, 5) is 17.4. The molecule has 2 atom stereocenters. The summed E-state index contributed by atoms with van der Waals surface area (Å²) in [6, 6.07) is 14.2. The van der Waals surface area contributed by atoms with Gasteiger partial charge in [0.1, 0.15) is 0 Å². The van der Waals surface area contributed by atoms with Gasteiger partial charge in [-0.05, 0) is 37.8 Å². The van der Waals surface area contributed by atoms with Crippen LogP contribution in [0.2, 0.25) is 0 Å². The summed E-state index contributed by atoms with van der Waals surface area (Å²) in [5.74, 6) is 1.86. The van der Waals surface area contributed by atoms with E-state index in [9.17, 15) is 4.79 Å². The molecule has 0 spiro atoms. The number of carbonyl (C=O) groups excluding carboxylic acids is 1. The average Bonchev–Trinajstić information content (AvgIpc) is 2.79. The molecular formula is C26H36N2O4. The number of ether oxygens (including phenoxy) is 3. The summed E-state index contributed by atoms with van der Waals surface area (Å²) in [7, 11) is 3.30. The van der Waals surface area contributed by atoms with Crippen LogP contribution in [0.3, 0.4) is 0 Å². The highest BCUT2D eigenvalue weighted by Crippen LogP contribution is 2.46. The van der Waals surface area contributed by atoms with Crippen molar-refractivity contribution in [3.8, 4) is 11.5 Å². The lowest BCUT2D eigenvalue weighted by atomic mass is 9.89. The van der Waals surface area contributed by atoms with E-state index in [2.05, 4.69) is 25.7 Å². The Hall–Kier alpha value is -2.89. The van der Waals surface area contributed by atoms with Crippen LogP contribution in [0, 0.1) is 5.92 Å². The fourth-order valence-corrected chi connectivity index (χ4v) is 4.47. The molecule has 1 aliphatic heterocycles. The second-order valence-corrected chi connectivity index (χ2v) is 8.73. The van der Waals surface area contributed by atoms with Crippen molar-refractivity contribution in [1.82, 2.24) is 4.90 Å². The molecule has 0 saturated carbocycles. The number of rotatable bonds is 8. The molecule has 0 aromatic heterocycles. The Kier molecular flexibility index (Phi) is 7.89. The van der Waals surface area contributed by atoms with Crippen LogP contribution >= 0.6 is 0 Å². The number of benzene rings is 2. The molecule has 3 rings (SSSR count). The van der Waals surface area contributed by atoms with Crippen molar-refractivity contribution in [2.45, 2.75) is 52.7 Å². The summed E-state index contributed by atoms with van der Waals surface area (Å²) in [6.45, 7) is 10.3. The zero-order chi connectivity index (χ0) is 23.3. The van der Waals surface area contributed by atoms with Crippen molar-refractivity contribution < 1.29 is 19.0 Å². The molecule has 174 valence electrons. The van der Waals surface area contributed by atoms with Gasteiger partial charge >= 0.3 is 6.09 Å². The number of hydrogen-bond acceptors (Lipinski definition) is 5. The average molecular weight is 441 g/mol. The Labute approximate surface area is 192 Å². The Bertz CT molecular complexity index is 900. The molecule has 0 bridgehead atoms. The molecule has 0 N–H and O–H groups in total. The standard InChI is InChI=1S/C26H36N2O4/c1-7-32-26(29)28(17-20-11-9-8-10-12-20)22-13-19(4)27(16-18(2)3)23-15-25(31-6)24(30-5)14-21(22)23/h8-12,14-15,18-19,22H,7,13,16-17H2,1-6H3/t19-,22+/m0/s1. The first-order chi connectivity index (χ1) is 15.4. The molecule has 2 aromatic carbocycles. The van der Waals surface area contributed by atoms with Crippen molar-refractivity contribution >= 4 is 11.8 Å². The summed E-state index contributed by atoms with van der Waals surface area (Å²) < 4.78 is 16.7. The quantitative estimate of drug-likeness (QED) is 0.530. The molecule has 0 saturated heterocycles. The predicted molar refractivity (Wildman–Crippen MR) is 128 cm³/mol. The lowest BCUT2D eigenvalue weighted by Gasteiger charge is -2.45. The maximum atomic E-state index is 13.1. The highest BCUT2D eigenvalue weighted by molar-refractivity contribution is 5.71. The first-order valence-corrected chi connectivity index (χ1v) is 11.4. The van der Waals surface area contributed by atoms with E-state index in [1.165, 1.54) is 0 Å². The number of hydrogen-bond donors (Lipinski definition) is 0. The normalized spacial score (nSPS) is 17.7. The van der Waals surface area contributed by atoms with Gasteiger partial charge in [-0.15, -0.1) is 0 Å². The van der Waals surface area contributed by atoms with E-state index >= 15 is 0 Å². The van der Waals surface area contributed by atoms with Crippen LogP contribution < -0.4 is 14.4 Å². The lowest BCUT2D eigenvalue weighted by Crippen LogP contribution is -2.46. The first kappa shape index (κ1) is 23.8. The number of methoxy groups -OCH3 is 2. The zero-order valence-corrected chi connectivity index (χ0v) is 20.1. The third-order valence-corrected chi connectivity index (χ3v) is 5.93. The smallest absolute Gasteiger partial charge is 0.410 e. The largest absolute Gasteiger partial charge is 0.493 e. The highest BCUT2D eigenvalue weighted by atomic mass is 16.6. The molecule has 0 radical (unpaired) electrons. The van der Waals surface area contributed by atoms with Gasteiger partial charge in [-0.2, -0.15) is 0 Å². The van der Waals surface area contributed by atoms with Gasteiger partial charge in [-0.1, -0.05) is 44.2 Å². The molecule has 6 nitrogen and oxygen atoms in total. The fraction of sp³-hybridized carbons (Fsp3) is 0.500. The second-order valence-electron chi connectivity index (χ2n) is 8.73. The SMILES string of the molecule is CCOC(=O)N(Cc1ccccc1)[C@@H]1C[C@H](C)N(CC(C)C)c2cc(OC)c(OC)cc21. The number of fused-ring (bicyclic) bond motifs is 1. The molecule has 2 aromatic rings. The molecule has 6 heteroatoms. The summed E-state index contributed by atoms with van der Waals surface area (Å²) in [5, 5.41) is 0. The second kappa shape index (κ2) is 10.6. The molecule has 0 fully saturated rings. The molecule has 1 amide bonds. The minimum absolute atomic E-state index is 0.137.